The van der Waals surface area contributed by atoms with Gasteiger partial charge in [0.25, 0.3) is 0 Å². The maximum atomic E-state index is 12.5. The lowest BCUT2D eigenvalue weighted by Gasteiger charge is -2.23. The number of anilines is 1. The Balaban J connectivity index is 0.00000225. The van der Waals surface area contributed by atoms with Gasteiger partial charge in [0.2, 0.25) is 5.91 Å². The van der Waals surface area contributed by atoms with Gasteiger partial charge in [-0.15, -0.1) is 12.4 Å². The average molecular weight is 381 g/mol. The number of aromatic nitrogens is 1. The van der Waals surface area contributed by atoms with Gasteiger partial charge in [0.1, 0.15) is 5.82 Å². The first-order chi connectivity index (χ1) is 11.5. The third kappa shape index (κ3) is 4.70. The smallest absolute Gasteiger partial charge is 0.242 e. The van der Waals surface area contributed by atoms with E-state index in [1.807, 2.05) is 25.1 Å². The van der Waals surface area contributed by atoms with Crippen LogP contribution in [0.2, 0.25) is 5.02 Å². The van der Waals surface area contributed by atoms with Crippen molar-refractivity contribution in [3.05, 3.63) is 59.2 Å². The minimum absolute atomic E-state index is 0. The standard InChI is InChI=1S/C18H21ClN4O.ClH/c1-12(18(24)22-17-8-7-14(19)9-21-17)23-10-15(16(20)11-23)13-5-3-2-4-6-13;/h2-9,12,15-16H,10-11,20H2,1H3,(H,21,22,24);1H/t12?,15-,16+;/m0./s1. The molecular weight excluding hydrogens is 359 g/mol. The minimum Gasteiger partial charge on any atom is -0.326 e. The van der Waals surface area contributed by atoms with Crippen LogP contribution in [0.15, 0.2) is 48.7 Å². The van der Waals surface area contributed by atoms with E-state index in [2.05, 4.69) is 27.3 Å². The molecule has 0 saturated carbocycles. The number of hydrogen-bond donors (Lipinski definition) is 2. The fraction of sp³-hybridized carbons (Fsp3) is 0.333. The number of nitrogens with one attached hydrogen (secondary N) is 1. The van der Waals surface area contributed by atoms with Crippen molar-refractivity contribution in [1.29, 1.82) is 0 Å². The Morgan fingerprint density at radius 3 is 2.64 bits per heavy atom. The van der Waals surface area contributed by atoms with E-state index >= 15 is 0 Å². The van der Waals surface area contributed by atoms with Crippen molar-refractivity contribution in [1.82, 2.24) is 9.88 Å². The van der Waals surface area contributed by atoms with Gasteiger partial charge in [-0.2, -0.15) is 0 Å². The molecule has 1 aliphatic rings. The van der Waals surface area contributed by atoms with E-state index in [4.69, 9.17) is 17.3 Å². The van der Waals surface area contributed by atoms with Gasteiger partial charge in [0.15, 0.2) is 0 Å². The van der Waals surface area contributed by atoms with E-state index in [9.17, 15) is 4.79 Å². The molecule has 1 aromatic carbocycles. The van der Waals surface area contributed by atoms with Crippen LogP contribution in [-0.4, -0.2) is 41.0 Å². The molecular formula is C18H22Cl2N4O. The van der Waals surface area contributed by atoms with E-state index in [1.165, 1.54) is 11.8 Å². The lowest BCUT2D eigenvalue weighted by Crippen LogP contribution is -2.41. The van der Waals surface area contributed by atoms with Gasteiger partial charge in [-0.25, -0.2) is 4.98 Å². The highest BCUT2D eigenvalue weighted by Gasteiger charge is 2.35. The summed E-state index contributed by atoms with van der Waals surface area (Å²) in [6.45, 7) is 3.36. The molecule has 7 heteroatoms. The van der Waals surface area contributed by atoms with Crippen LogP contribution in [0.1, 0.15) is 18.4 Å². The van der Waals surface area contributed by atoms with Crippen LogP contribution in [0, 0.1) is 0 Å². The molecule has 1 amide bonds. The first-order valence-electron chi connectivity index (χ1n) is 8.01. The van der Waals surface area contributed by atoms with Crippen molar-refractivity contribution in [3.63, 3.8) is 0 Å². The van der Waals surface area contributed by atoms with Gasteiger partial charge in [-0.05, 0) is 24.6 Å². The summed E-state index contributed by atoms with van der Waals surface area (Å²) in [6.07, 6.45) is 1.51. The predicted molar refractivity (Wildman–Crippen MR) is 103 cm³/mol. The molecule has 0 radical (unpaired) electrons. The van der Waals surface area contributed by atoms with Crippen LogP contribution in [0.3, 0.4) is 0 Å². The minimum atomic E-state index is -0.276. The predicted octanol–water partition coefficient (Wildman–Crippen LogP) is 2.91. The fourth-order valence-electron chi connectivity index (χ4n) is 3.08. The highest BCUT2D eigenvalue weighted by Crippen LogP contribution is 2.27. The molecule has 0 aliphatic carbocycles. The normalized spacial score (nSPS) is 21.4. The Bertz CT molecular complexity index is 696. The number of rotatable bonds is 4. The van der Waals surface area contributed by atoms with Crippen LogP contribution in [0.4, 0.5) is 5.82 Å². The Morgan fingerprint density at radius 1 is 1.28 bits per heavy atom. The fourth-order valence-corrected chi connectivity index (χ4v) is 3.19. The van der Waals surface area contributed by atoms with Gasteiger partial charge >= 0.3 is 0 Å². The number of carbonyl (C=O) groups is 1. The largest absolute Gasteiger partial charge is 0.326 e. The first kappa shape index (κ1) is 19.7. The van der Waals surface area contributed by atoms with Crippen molar-refractivity contribution < 1.29 is 4.79 Å². The molecule has 1 saturated heterocycles. The summed E-state index contributed by atoms with van der Waals surface area (Å²) in [6, 6.07) is 13.4. The van der Waals surface area contributed by atoms with E-state index in [1.54, 1.807) is 12.1 Å². The maximum absolute atomic E-state index is 12.5. The van der Waals surface area contributed by atoms with E-state index in [0.717, 1.165) is 6.54 Å². The number of hydrogen-bond acceptors (Lipinski definition) is 4. The average Bonchev–Trinajstić information content (AvgIpc) is 2.99. The highest BCUT2D eigenvalue weighted by atomic mass is 35.5. The van der Waals surface area contributed by atoms with Crippen LogP contribution in [0.5, 0.6) is 0 Å². The molecule has 1 fully saturated rings. The second-order valence-electron chi connectivity index (χ2n) is 6.16. The van der Waals surface area contributed by atoms with Crippen molar-refractivity contribution >= 4 is 35.7 Å². The van der Waals surface area contributed by atoms with E-state index < -0.39 is 0 Å². The van der Waals surface area contributed by atoms with Crippen LogP contribution in [0.25, 0.3) is 0 Å². The Hall–Kier alpha value is -1.66. The third-order valence-corrected chi connectivity index (χ3v) is 4.75. The number of halogens is 2. The number of benzene rings is 1. The summed E-state index contributed by atoms with van der Waals surface area (Å²) in [5, 5.41) is 3.36. The summed E-state index contributed by atoms with van der Waals surface area (Å²) in [5.41, 5.74) is 7.53. The molecule has 25 heavy (non-hydrogen) atoms. The van der Waals surface area contributed by atoms with E-state index in [-0.39, 0.29) is 36.3 Å². The molecule has 2 heterocycles. The summed E-state index contributed by atoms with van der Waals surface area (Å²) in [4.78, 5) is 18.7. The molecule has 134 valence electrons. The zero-order valence-corrected chi connectivity index (χ0v) is 15.5. The lowest BCUT2D eigenvalue weighted by atomic mass is 9.95. The number of nitrogens with two attached hydrogens (primary N) is 1. The van der Waals surface area contributed by atoms with Crippen LogP contribution in [-0.2, 0) is 4.79 Å². The van der Waals surface area contributed by atoms with Gasteiger partial charge in [0, 0.05) is 31.2 Å². The number of nitrogens with zero attached hydrogens (tertiary/aromatic N) is 2. The molecule has 3 N–H and O–H groups in total. The summed E-state index contributed by atoms with van der Waals surface area (Å²) < 4.78 is 0. The van der Waals surface area contributed by atoms with Crippen molar-refractivity contribution in [3.8, 4) is 0 Å². The third-order valence-electron chi connectivity index (χ3n) is 4.53. The zero-order chi connectivity index (χ0) is 17.1. The number of pyridine rings is 1. The van der Waals surface area contributed by atoms with Crippen molar-refractivity contribution in [2.45, 2.75) is 24.9 Å². The Morgan fingerprint density at radius 2 is 2.00 bits per heavy atom. The lowest BCUT2D eigenvalue weighted by molar-refractivity contribution is -0.120. The summed E-state index contributed by atoms with van der Waals surface area (Å²) in [7, 11) is 0. The molecule has 1 aromatic heterocycles. The molecule has 3 rings (SSSR count). The van der Waals surface area contributed by atoms with Crippen LogP contribution < -0.4 is 11.1 Å². The molecule has 3 atom stereocenters. The van der Waals surface area contributed by atoms with Crippen molar-refractivity contribution in [2.75, 3.05) is 18.4 Å². The molecule has 0 bridgehead atoms. The summed E-state index contributed by atoms with van der Waals surface area (Å²) >= 11 is 5.81. The molecule has 5 nitrogen and oxygen atoms in total. The molecule has 1 aliphatic heterocycles. The first-order valence-corrected chi connectivity index (χ1v) is 8.39. The molecule has 2 aromatic rings. The number of carbonyl (C=O) groups excluding carboxylic acids is 1. The van der Waals surface area contributed by atoms with Gasteiger partial charge in [0.05, 0.1) is 11.1 Å². The highest BCUT2D eigenvalue weighted by molar-refractivity contribution is 6.30. The topological polar surface area (TPSA) is 71.2 Å². The summed E-state index contributed by atoms with van der Waals surface area (Å²) in [5.74, 6) is 0.653. The Kier molecular flexibility index (Phi) is 6.79. The van der Waals surface area contributed by atoms with Crippen LogP contribution >= 0.6 is 24.0 Å². The van der Waals surface area contributed by atoms with Gasteiger partial charge in [-0.1, -0.05) is 41.9 Å². The van der Waals surface area contributed by atoms with Gasteiger partial charge in [-0.3, -0.25) is 9.69 Å². The van der Waals surface area contributed by atoms with Crippen molar-refractivity contribution in [2.24, 2.45) is 5.73 Å². The number of amides is 1. The second-order valence-corrected chi connectivity index (χ2v) is 6.60. The Labute approximate surface area is 159 Å². The second kappa shape index (κ2) is 8.63. The number of likely N-dealkylation sites (tertiary alicyclic amines) is 1. The SMILES string of the molecule is CC(C(=O)Nc1ccc(Cl)cn1)N1C[C@@H](N)[C@H](c2ccccc2)C1.Cl. The van der Waals surface area contributed by atoms with E-state index in [0.29, 0.717) is 17.4 Å². The van der Waals surface area contributed by atoms with Gasteiger partial charge < -0.3 is 11.1 Å². The maximum Gasteiger partial charge on any atom is 0.242 e. The monoisotopic (exact) mass is 380 g/mol. The zero-order valence-electron chi connectivity index (χ0n) is 13.9. The quantitative estimate of drug-likeness (QED) is 0.855. The molecule has 0 spiro atoms. The molecule has 1 unspecified atom stereocenters.